The zero-order valence-electron chi connectivity index (χ0n) is 14.6. The van der Waals surface area contributed by atoms with Crippen molar-refractivity contribution in [3.8, 4) is 5.75 Å². The molecule has 1 aromatic heterocycles. The van der Waals surface area contributed by atoms with E-state index in [-0.39, 0.29) is 17.7 Å². The Morgan fingerprint density at radius 3 is 2.28 bits per heavy atom. The number of alkyl halides is 2. The van der Waals surface area contributed by atoms with Gasteiger partial charge in [0.25, 0.3) is 0 Å². The van der Waals surface area contributed by atoms with E-state index in [1.165, 1.54) is 12.1 Å². The quantitative estimate of drug-likeness (QED) is 0.819. The van der Waals surface area contributed by atoms with Crippen molar-refractivity contribution in [1.82, 2.24) is 19.9 Å². The van der Waals surface area contributed by atoms with Crippen molar-refractivity contribution >= 4 is 11.9 Å². The lowest BCUT2D eigenvalue weighted by Crippen LogP contribution is -2.25. The Morgan fingerprint density at radius 1 is 1.08 bits per heavy atom. The Balaban J connectivity index is 2.08. The van der Waals surface area contributed by atoms with Crippen molar-refractivity contribution in [2.24, 2.45) is 0 Å². The van der Waals surface area contributed by atoms with E-state index in [1.807, 2.05) is 33.0 Å². The number of benzene rings is 1. The van der Waals surface area contributed by atoms with E-state index in [0.29, 0.717) is 18.3 Å². The van der Waals surface area contributed by atoms with Crippen LogP contribution in [0.2, 0.25) is 0 Å². The van der Waals surface area contributed by atoms with E-state index in [1.54, 1.807) is 17.0 Å². The molecule has 1 aromatic carbocycles. The number of nitrogen functional groups attached to an aromatic ring is 1. The first kappa shape index (κ1) is 18.8. The minimum Gasteiger partial charge on any atom is -0.435 e. The van der Waals surface area contributed by atoms with Crippen LogP contribution in [0.1, 0.15) is 24.4 Å². The van der Waals surface area contributed by atoms with E-state index < -0.39 is 6.61 Å². The van der Waals surface area contributed by atoms with Crippen molar-refractivity contribution in [1.29, 1.82) is 0 Å². The molecule has 0 aliphatic rings. The van der Waals surface area contributed by atoms with Crippen LogP contribution in [0.4, 0.5) is 20.7 Å². The molecule has 0 amide bonds. The zero-order valence-corrected chi connectivity index (χ0v) is 14.6. The van der Waals surface area contributed by atoms with Crippen molar-refractivity contribution in [2.45, 2.75) is 26.1 Å². The fourth-order valence-electron chi connectivity index (χ4n) is 2.18. The van der Waals surface area contributed by atoms with Crippen LogP contribution in [-0.4, -0.2) is 47.6 Å². The van der Waals surface area contributed by atoms with Crippen LogP contribution in [0.3, 0.4) is 0 Å². The van der Waals surface area contributed by atoms with Crippen LogP contribution in [0, 0.1) is 0 Å². The SMILES string of the molecule is C[C@H](c1nc(N)nc(N(C)C)n1)N(C)Cc1ccc(OC(F)F)cc1. The maximum Gasteiger partial charge on any atom is 0.387 e. The molecule has 0 saturated heterocycles. The predicted octanol–water partition coefficient (Wildman–Crippen LogP) is 2.31. The summed E-state index contributed by atoms with van der Waals surface area (Å²) in [5.41, 5.74) is 6.71. The van der Waals surface area contributed by atoms with Gasteiger partial charge in [0.15, 0.2) is 5.82 Å². The van der Waals surface area contributed by atoms with Crippen LogP contribution >= 0.6 is 0 Å². The second-order valence-corrected chi connectivity index (χ2v) is 5.86. The number of hydrogen-bond acceptors (Lipinski definition) is 7. The number of nitrogens with two attached hydrogens (primary N) is 1. The topological polar surface area (TPSA) is 80.4 Å². The largest absolute Gasteiger partial charge is 0.435 e. The molecular weight excluding hydrogens is 330 g/mol. The van der Waals surface area contributed by atoms with Crippen LogP contribution in [0.15, 0.2) is 24.3 Å². The Labute approximate surface area is 145 Å². The summed E-state index contributed by atoms with van der Waals surface area (Å²) in [6.45, 7) is -0.282. The third-order valence-electron chi connectivity index (χ3n) is 3.67. The summed E-state index contributed by atoms with van der Waals surface area (Å²) in [7, 11) is 5.58. The van der Waals surface area contributed by atoms with Gasteiger partial charge in [0.2, 0.25) is 11.9 Å². The van der Waals surface area contributed by atoms with Gasteiger partial charge in [0.05, 0.1) is 6.04 Å². The summed E-state index contributed by atoms with van der Waals surface area (Å²) < 4.78 is 28.7. The summed E-state index contributed by atoms with van der Waals surface area (Å²) in [6.07, 6.45) is 0. The van der Waals surface area contributed by atoms with Gasteiger partial charge in [-0.25, -0.2) is 0 Å². The van der Waals surface area contributed by atoms with Crippen LogP contribution in [0.25, 0.3) is 0 Å². The van der Waals surface area contributed by atoms with Crippen molar-refractivity contribution in [2.75, 3.05) is 31.8 Å². The molecule has 0 saturated carbocycles. The first-order valence-corrected chi connectivity index (χ1v) is 7.69. The first-order valence-electron chi connectivity index (χ1n) is 7.69. The third kappa shape index (κ3) is 5.21. The van der Waals surface area contributed by atoms with E-state index in [4.69, 9.17) is 5.73 Å². The molecule has 2 N–H and O–H groups in total. The third-order valence-corrected chi connectivity index (χ3v) is 3.67. The lowest BCUT2D eigenvalue weighted by molar-refractivity contribution is -0.0498. The molecule has 136 valence electrons. The standard InChI is InChI=1S/C16H22F2N6O/c1-10(13-20-15(19)22-16(21-13)23(2)3)24(4)9-11-5-7-12(8-6-11)25-14(17)18/h5-8,10,14H,9H2,1-4H3,(H2,19,20,21,22)/t10-/m1/s1. The van der Waals surface area contributed by atoms with Gasteiger partial charge in [0, 0.05) is 20.6 Å². The van der Waals surface area contributed by atoms with Crippen molar-refractivity contribution in [3.05, 3.63) is 35.7 Å². The Bertz CT molecular complexity index is 696. The fourth-order valence-corrected chi connectivity index (χ4v) is 2.18. The van der Waals surface area contributed by atoms with Crippen molar-refractivity contribution < 1.29 is 13.5 Å². The molecule has 1 atom stereocenters. The second kappa shape index (κ2) is 8.02. The van der Waals surface area contributed by atoms with Crippen molar-refractivity contribution in [3.63, 3.8) is 0 Å². The number of hydrogen-bond donors (Lipinski definition) is 1. The van der Waals surface area contributed by atoms with E-state index in [0.717, 1.165) is 5.56 Å². The highest BCUT2D eigenvalue weighted by Crippen LogP contribution is 2.21. The van der Waals surface area contributed by atoms with Gasteiger partial charge in [-0.3, -0.25) is 4.90 Å². The van der Waals surface area contributed by atoms with Gasteiger partial charge in [-0.15, -0.1) is 0 Å². The summed E-state index contributed by atoms with van der Waals surface area (Å²) in [5.74, 6) is 1.37. The van der Waals surface area contributed by atoms with E-state index in [9.17, 15) is 8.78 Å². The molecule has 0 aliphatic heterocycles. The van der Waals surface area contributed by atoms with E-state index in [2.05, 4.69) is 19.7 Å². The number of nitrogens with zero attached hydrogens (tertiary/aromatic N) is 5. The van der Waals surface area contributed by atoms with Crippen LogP contribution in [-0.2, 0) is 6.54 Å². The molecule has 0 unspecified atom stereocenters. The second-order valence-electron chi connectivity index (χ2n) is 5.86. The Hall–Kier alpha value is -2.55. The Kier molecular flexibility index (Phi) is 6.02. The molecule has 2 rings (SSSR count). The minimum absolute atomic E-state index is 0.110. The molecule has 7 nitrogen and oxygen atoms in total. The number of rotatable bonds is 7. The van der Waals surface area contributed by atoms with Gasteiger partial charge >= 0.3 is 6.61 Å². The monoisotopic (exact) mass is 352 g/mol. The minimum atomic E-state index is -2.83. The van der Waals surface area contributed by atoms with Gasteiger partial charge in [0.1, 0.15) is 5.75 Å². The van der Waals surface area contributed by atoms with Gasteiger partial charge in [-0.1, -0.05) is 12.1 Å². The highest BCUT2D eigenvalue weighted by molar-refractivity contribution is 5.33. The molecule has 25 heavy (non-hydrogen) atoms. The molecule has 0 aliphatic carbocycles. The van der Waals surface area contributed by atoms with Crippen LogP contribution < -0.4 is 15.4 Å². The highest BCUT2D eigenvalue weighted by atomic mass is 19.3. The fraction of sp³-hybridized carbons (Fsp3) is 0.438. The lowest BCUT2D eigenvalue weighted by Gasteiger charge is -2.24. The molecule has 0 spiro atoms. The van der Waals surface area contributed by atoms with Crippen LogP contribution in [0.5, 0.6) is 5.75 Å². The summed E-state index contributed by atoms with van der Waals surface area (Å²) in [6, 6.07) is 6.42. The number of ether oxygens (including phenoxy) is 1. The average Bonchev–Trinajstić information content (AvgIpc) is 2.54. The zero-order chi connectivity index (χ0) is 18.6. The molecule has 9 heteroatoms. The predicted molar refractivity (Wildman–Crippen MR) is 91.5 cm³/mol. The number of aromatic nitrogens is 3. The van der Waals surface area contributed by atoms with Gasteiger partial charge in [-0.2, -0.15) is 23.7 Å². The summed E-state index contributed by atoms with van der Waals surface area (Å²) in [4.78, 5) is 16.5. The molecule has 0 radical (unpaired) electrons. The number of anilines is 2. The molecule has 2 aromatic rings. The Morgan fingerprint density at radius 2 is 1.72 bits per heavy atom. The smallest absolute Gasteiger partial charge is 0.387 e. The number of halogens is 2. The average molecular weight is 352 g/mol. The molecular formula is C16H22F2N6O. The van der Waals surface area contributed by atoms with Gasteiger partial charge in [-0.05, 0) is 31.7 Å². The summed E-state index contributed by atoms with van der Waals surface area (Å²) in [5, 5.41) is 0. The normalized spacial score (nSPS) is 12.5. The summed E-state index contributed by atoms with van der Waals surface area (Å²) >= 11 is 0. The maximum absolute atomic E-state index is 12.2. The molecule has 0 bridgehead atoms. The first-order chi connectivity index (χ1) is 11.8. The molecule has 1 heterocycles. The lowest BCUT2D eigenvalue weighted by atomic mass is 10.2. The van der Waals surface area contributed by atoms with E-state index >= 15 is 0 Å². The van der Waals surface area contributed by atoms with Gasteiger partial charge < -0.3 is 15.4 Å². The molecule has 0 fully saturated rings. The maximum atomic E-state index is 12.2. The highest BCUT2D eigenvalue weighted by Gasteiger charge is 2.17.